The number of hydrogen-bond acceptors (Lipinski definition) is 2. The molecule has 0 radical (unpaired) electrons. The van der Waals surface area contributed by atoms with Gasteiger partial charge in [0, 0.05) is 17.8 Å². The highest BCUT2D eigenvalue weighted by Crippen LogP contribution is 2.34. The van der Waals surface area contributed by atoms with Crippen LogP contribution in [0.1, 0.15) is 39.7 Å². The van der Waals surface area contributed by atoms with Gasteiger partial charge in [0.25, 0.3) is 5.91 Å². The molecule has 3 heteroatoms. The molecule has 0 saturated carbocycles. The minimum absolute atomic E-state index is 0.203. The fourth-order valence-electron chi connectivity index (χ4n) is 3.58. The minimum atomic E-state index is 0.203. The molecule has 3 aromatic rings. The van der Waals surface area contributed by atoms with Gasteiger partial charge in [-0.2, -0.15) is 0 Å². The van der Waals surface area contributed by atoms with Crippen molar-refractivity contribution in [1.82, 2.24) is 4.90 Å². The molecule has 1 amide bonds. The molecule has 122 valence electrons. The molecule has 2 nitrogen and oxygen atoms in total. The summed E-state index contributed by atoms with van der Waals surface area (Å²) in [5.74, 6) is 0.203. The Balaban J connectivity index is 1.70. The third-order valence-corrected chi connectivity index (χ3v) is 6.01. The number of fused-ring (bicyclic) bond motifs is 2. The Kier molecular flexibility index (Phi) is 4.11. The second kappa shape index (κ2) is 6.40. The Morgan fingerprint density at radius 2 is 1.83 bits per heavy atom. The molecule has 2 aromatic carbocycles. The van der Waals surface area contributed by atoms with E-state index >= 15 is 0 Å². The van der Waals surface area contributed by atoms with Gasteiger partial charge in [-0.05, 0) is 41.0 Å². The average Bonchev–Trinajstić information content (AvgIpc) is 3.00. The highest BCUT2D eigenvalue weighted by atomic mass is 32.1. The smallest absolute Gasteiger partial charge is 0.264 e. The van der Waals surface area contributed by atoms with Crippen molar-refractivity contribution in [2.45, 2.75) is 32.7 Å². The maximum absolute atomic E-state index is 13.2. The summed E-state index contributed by atoms with van der Waals surface area (Å²) in [6, 6.07) is 16.9. The zero-order chi connectivity index (χ0) is 16.5. The van der Waals surface area contributed by atoms with Crippen molar-refractivity contribution in [1.29, 1.82) is 0 Å². The van der Waals surface area contributed by atoms with Crippen LogP contribution < -0.4 is 0 Å². The zero-order valence-electron chi connectivity index (χ0n) is 13.9. The molecular formula is C21H21NOS. The SMILES string of the molecule is CCCc1c(C(=O)N2CCc3ccccc3C2)sc2ccccc12. The lowest BCUT2D eigenvalue weighted by molar-refractivity contribution is 0.0738. The molecule has 1 aliphatic heterocycles. The van der Waals surface area contributed by atoms with Crippen molar-refractivity contribution in [3.8, 4) is 0 Å². The van der Waals surface area contributed by atoms with Gasteiger partial charge in [-0.1, -0.05) is 55.8 Å². The van der Waals surface area contributed by atoms with Gasteiger partial charge in [0.2, 0.25) is 0 Å². The van der Waals surface area contributed by atoms with Crippen LogP contribution in [0.4, 0.5) is 0 Å². The molecule has 0 unspecified atom stereocenters. The van der Waals surface area contributed by atoms with Gasteiger partial charge >= 0.3 is 0 Å². The Hall–Kier alpha value is -2.13. The molecule has 1 aromatic heterocycles. The van der Waals surface area contributed by atoms with Crippen LogP contribution in [0.25, 0.3) is 10.1 Å². The predicted octanol–water partition coefficient (Wildman–Crippen LogP) is 5.05. The normalized spacial score (nSPS) is 14.0. The molecule has 0 bridgehead atoms. The van der Waals surface area contributed by atoms with Gasteiger partial charge in [-0.15, -0.1) is 11.3 Å². The molecule has 0 saturated heterocycles. The summed E-state index contributed by atoms with van der Waals surface area (Å²) in [5.41, 5.74) is 3.91. The third kappa shape index (κ3) is 2.63. The van der Waals surface area contributed by atoms with Crippen LogP contribution in [0.5, 0.6) is 0 Å². The van der Waals surface area contributed by atoms with Crippen LogP contribution in [0.2, 0.25) is 0 Å². The van der Waals surface area contributed by atoms with Crippen LogP contribution in [-0.2, 0) is 19.4 Å². The standard InChI is InChI=1S/C21H21NOS/c1-2-7-18-17-10-5-6-11-19(17)24-20(18)21(23)22-13-12-15-8-3-4-9-16(15)14-22/h3-6,8-11H,2,7,12-14H2,1H3. The van der Waals surface area contributed by atoms with Crippen LogP contribution in [0, 0.1) is 0 Å². The van der Waals surface area contributed by atoms with Crippen molar-refractivity contribution in [3.63, 3.8) is 0 Å². The summed E-state index contributed by atoms with van der Waals surface area (Å²) in [6.45, 7) is 3.72. The maximum atomic E-state index is 13.2. The zero-order valence-corrected chi connectivity index (χ0v) is 14.7. The predicted molar refractivity (Wildman–Crippen MR) is 101 cm³/mol. The van der Waals surface area contributed by atoms with Crippen molar-refractivity contribution in [2.24, 2.45) is 0 Å². The van der Waals surface area contributed by atoms with Gasteiger partial charge in [-0.25, -0.2) is 0 Å². The first-order valence-corrected chi connectivity index (χ1v) is 9.46. The first kappa shape index (κ1) is 15.4. The first-order valence-electron chi connectivity index (χ1n) is 8.64. The minimum Gasteiger partial charge on any atom is -0.333 e. The summed E-state index contributed by atoms with van der Waals surface area (Å²) in [7, 11) is 0. The monoisotopic (exact) mass is 335 g/mol. The van der Waals surface area contributed by atoms with E-state index in [2.05, 4.69) is 55.5 Å². The fraction of sp³-hybridized carbons (Fsp3) is 0.286. The maximum Gasteiger partial charge on any atom is 0.264 e. The van der Waals surface area contributed by atoms with Crippen LogP contribution in [0.3, 0.4) is 0 Å². The second-order valence-corrected chi connectivity index (χ2v) is 7.45. The first-order chi connectivity index (χ1) is 11.8. The van der Waals surface area contributed by atoms with E-state index in [0.717, 1.165) is 37.2 Å². The van der Waals surface area contributed by atoms with Crippen molar-refractivity contribution in [2.75, 3.05) is 6.54 Å². The molecule has 0 spiro atoms. The van der Waals surface area contributed by atoms with E-state index in [1.807, 2.05) is 4.90 Å². The van der Waals surface area contributed by atoms with E-state index in [0.29, 0.717) is 0 Å². The molecule has 0 N–H and O–H groups in total. The number of nitrogens with zero attached hydrogens (tertiary/aromatic N) is 1. The van der Waals surface area contributed by atoms with Crippen molar-refractivity contribution >= 4 is 27.3 Å². The Morgan fingerprint density at radius 3 is 2.67 bits per heavy atom. The number of carbonyl (C=O) groups is 1. The molecule has 24 heavy (non-hydrogen) atoms. The summed E-state index contributed by atoms with van der Waals surface area (Å²) >= 11 is 1.66. The van der Waals surface area contributed by atoms with E-state index < -0.39 is 0 Å². The second-order valence-electron chi connectivity index (χ2n) is 6.40. The van der Waals surface area contributed by atoms with E-state index in [1.54, 1.807) is 11.3 Å². The molecule has 0 atom stereocenters. The number of rotatable bonds is 3. The van der Waals surface area contributed by atoms with Gasteiger partial charge in [0.15, 0.2) is 0 Å². The molecular weight excluding hydrogens is 314 g/mol. The summed E-state index contributed by atoms with van der Waals surface area (Å²) in [6.07, 6.45) is 2.98. The number of hydrogen-bond donors (Lipinski definition) is 0. The van der Waals surface area contributed by atoms with Gasteiger partial charge < -0.3 is 4.90 Å². The quantitative estimate of drug-likeness (QED) is 0.656. The van der Waals surface area contributed by atoms with E-state index in [9.17, 15) is 4.79 Å². The Labute approximate surface area is 146 Å². The lowest BCUT2D eigenvalue weighted by Crippen LogP contribution is -2.35. The molecule has 0 aliphatic carbocycles. The average molecular weight is 335 g/mol. The van der Waals surface area contributed by atoms with E-state index in [1.165, 1.54) is 26.8 Å². The highest BCUT2D eigenvalue weighted by Gasteiger charge is 2.25. The van der Waals surface area contributed by atoms with E-state index in [-0.39, 0.29) is 5.91 Å². The van der Waals surface area contributed by atoms with Crippen LogP contribution in [-0.4, -0.2) is 17.4 Å². The summed E-state index contributed by atoms with van der Waals surface area (Å²) < 4.78 is 1.22. The number of benzene rings is 2. The fourth-order valence-corrected chi connectivity index (χ4v) is 4.80. The highest BCUT2D eigenvalue weighted by molar-refractivity contribution is 7.21. The number of aryl methyl sites for hydroxylation is 1. The van der Waals surface area contributed by atoms with Gasteiger partial charge in [-0.3, -0.25) is 4.79 Å². The third-order valence-electron chi connectivity index (χ3n) is 4.81. The topological polar surface area (TPSA) is 20.3 Å². The number of carbonyl (C=O) groups excluding carboxylic acids is 1. The van der Waals surface area contributed by atoms with Crippen LogP contribution in [0.15, 0.2) is 48.5 Å². The Morgan fingerprint density at radius 1 is 1.08 bits per heavy atom. The van der Waals surface area contributed by atoms with Crippen LogP contribution >= 0.6 is 11.3 Å². The van der Waals surface area contributed by atoms with E-state index in [4.69, 9.17) is 0 Å². The lowest BCUT2D eigenvalue weighted by atomic mass is 9.99. The van der Waals surface area contributed by atoms with Gasteiger partial charge in [0.1, 0.15) is 0 Å². The number of amides is 1. The Bertz CT molecular complexity index is 896. The molecule has 2 heterocycles. The van der Waals surface area contributed by atoms with Gasteiger partial charge in [0.05, 0.1) is 4.88 Å². The number of thiophene rings is 1. The lowest BCUT2D eigenvalue weighted by Gasteiger charge is -2.28. The summed E-state index contributed by atoms with van der Waals surface area (Å²) in [5, 5.41) is 1.25. The molecule has 4 rings (SSSR count). The molecule has 0 fully saturated rings. The van der Waals surface area contributed by atoms with Crippen molar-refractivity contribution < 1.29 is 4.79 Å². The summed E-state index contributed by atoms with van der Waals surface area (Å²) in [4.78, 5) is 16.2. The van der Waals surface area contributed by atoms with Crippen molar-refractivity contribution in [3.05, 3.63) is 70.1 Å². The molecule has 1 aliphatic rings. The largest absolute Gasteiger partial charge is 0.333 e.